The number of nitrogens with zero attached hydrogens (tertiary/aromatic N) is 2. The molecule has 2 amide bonds. The Hall–Kier alpha value is -2.54. The topological polar surface area (TPSA) is 87.8 Å². The van der Waals surface area contributed by atoms with Gasteiger partial charge in [-0.05, 0) is 31.4 Å². The predicted molar refractivity (Wildman–Crippen MR) is 92.2 cm³/mol. The zero-order chi connectivity index (χ0) is 17.6. The zero-order valence-corrected chi connectivity index (χ0v) is 14.3. The van der Waals surface area contributed by atoms with E-state index >= 15 is 0 Å². The van der Waals surface area contributed by atoms with Gasteiger partial charge in [-0.3, -0.25) is 0 Å². The van der Waals surface area contributed by atoms with Crippen LogP contribution in [0.15, 0.2) is 34.9 Å². The average Bonchev–Trinajstić information content (AvgIpc) is 3.14. The Morgan fingerprint density at radius 1 is 1.44 bits per heavy atom. The van der Waals surface area contributed by atoms with Crippen LogP contribution in [-0.4, -0.2) is 47.5 Å². The summed E-state index contributed by atoms with van der Waals surface area (Å²) in [6.07, 6.45) is 2.84. The molecule has 1 atom stereocenters. The molecule has 2 N–H and O–H groups in total. The minimum Gasteiger partial charge on any atom is -0.496 e. The van der Waals surface area contributed by atoms with Crippen molar-refractivity contribution in [2.75, 3.05) is 20.3 Å². The number of rotatable bonds is 5. The maximum absolute atomic E-state index is 12.3. The lowest BCUT2D eigenvalue weighted by Crippen LogP contribution is -2.49. The number of likely N-dealkylation sites (tertiary alicyclic amines) is 1. The summed E-state index contributed by atoms with van der Waals surface area (Å²) in [5.74, 6) is 1.28. The number of piperidine rings is 1. The van der Waals surface area contributed by atoms with Gasteiger partial charge in [0.05, 0.1) is 26.3 Å². The number of hydrogen-bond acceptors (Lipinski definition) is 5. The van der Waals surface area contributed by atoms with E-state index in [-0.39, 0.29) is 25.2 Å². The monoisotopic (exact) mass is 345 g/mol. The van der Waals surface area contributed by atoms with E-state index in [9.17, 15) is 9.90 Å². The van der Waals surface area contributed by atoms with Gasteiger partial charge in [0.25, 0.3) is 0 Å². The highest BCUT2D eigenvalue weighted by molar-refractivity contribution is 5.74. The molecule has 0 spiro atoms. The highest BCUT2D eigenvalue weighted by atomic mass is 16.5. The van der Waals surface area contributed by atoms with E-state index in [1.807, 2.05) is 24.3 Å². The molecule has 0 aliphatic carbocycles. The third kappa shape index (κ3) is 3.93. The van der Waals surface area contributed by atoms with Crippen LogP contribution in [0.4, 0.5) is 4.79 Å². The molecule has 2 aromatic rings. The summed E-state index contributed by atoms with van der Waals surface area (Å²) in [5.41, 5.74) is 1.50. The first kappa shape index (κ1) is 17.3. The largest absolute Gasteiger partial charge is 0.496 e. The van der Waals surface area contributed by atoms with Crippen LogP contribution >= 0.6 is 0 Å². The number of methoxy groups -OCH3 is 1. The normalized spacial score (nSPS) is 17.4. The van der Waals surface area contributed by atoms with E-state index in [2.05, 4.69) is 10.5 Å². The standard InChI is InChI=1S/C18H23N3O4/c1-24-17-8-3-2-7-15(17)16-10-14(25-20-16)11-19-18(23)21-9-5-4-6-13(21)12-22/h2-3,7-8,10,13,22H,4-6,9,11-12H2,1H3,(H,19,23). The van der Waals surface area contributed by atoms with Crippen LogP contribution in [0.25, 0.3) is 11.3 Å². The number of benzene rings is 1. The second kappa shape index (κ2) is 8.02. The Kier molecular flexibility index (Phi) is 5.55. The molecule has 1 aliphatic rings. The van der Waals surface area contributed by atoms with Crippen molar-refractivity contribution >= 4 is 6.03 Å². The summed E-state index contributed by atoms with van der Waals surface area (Å²) in [4.78, 5) is 14.0. The summed E-state index contributed by atoms with van der Waals surface area (Å²) in [6, 6.07) is 9.05. The Labute approximate surface area is 146 Å². The molecule has 0 radical (unpaired) electrons. The van der Waals surface area contributed by atoms with Crippen LogP contribution in [0.5, 0.6) is 5.75 Å². The molecule has 25 heavy (non-hydrogen) atoms. The van der Waals surface area contributed by atoms with Gasteiger partial charge >= 0.3 is 6.03 Å². The molecule has 0 saturated carbocycles. The van der Waals surface area contributed by atoms with Crippen LogP contribution in [0.1, 0.15) is 25.0 Å². The van der Waals surface area contributed by atoms with Crippen molar-refractivity contribution in [2.24, 2.45) is 0 Å². The van der Waals surface area contributed by atoms with E-state index in [4.69, 9.17) is 9.26 Å². The fourth-order valence-electron chi connectivity index (χ4n) is 3.10. The molecule has 7 heteroatoms. The lowest BCUT2D eigenvalue weighted by atomic mass is 10.0. The van der Waals surface area contributed by atoms with Crippen LogP contribution in [0.3, 0.4) is 0 Å². The predicted octanol–water partition coefficient (Wildman–Crippen LogP) is 2.41. The lowest BCUT2D eigenvalue weighted by molar-refractivity contribution is 0.107. The second-order valence-corrected chi connectivity index (χ2v) is 6.06. The molecule has 1 aromatic carbocycles. The van der Waals surface area contributed by atoms with Gasteiger partial charge in [0.15, 0.2) is 5.76 Å². The van der Waals surface area contributed by atoms with E-state index in [1.165, 1.54) is 0 Å². The number of urea groups is 1. The van der Waals surface area contributed by atoms with Crippen molar-refractivity contribution in [3.63, 3.8) is 0 Å². The van der Waals surface area contributed by atoms with Gasteiger partial charge in [0.2, 0.25) is 0 Å². The Morgan fingerprint density at radius 2 is 2.28 bits per heavy atom. The Bertz CT molecular complexity index is 716. The third-order valence-electron chi connectivity index (χ3n) is 4.45. The zero-order valence-electron chi connectivity index (χ0n) is 14.3. The molecule has 1 unspecified atom stereocenters. The maximum Gasteiger partial charge on any atom is 0.318 e. The van der Waals surface area contributed by atoms with Crippen molar-refractivity contribution in [1.82, 2.24) is 15.4 Å². The first-order valence-electron chi connectivity index (χ1n) is 8.47. The van der Waals surface area contributed by atoms with Crippen LogP contribution in [-0.2, 0) is 6.54 Å². The van der Waals surface area contributed by atoms with E-state index in [0.29, 0.717) is 23.7 Å². The summed E-state index contributed by atoms with van der Waals surface area (Å²) in [6.45, 7) is 0.906. The Morgan fingerprint density at radius 3 is 3.08 bits per heavy atom. The van der Waals surface area contributed by atoms with Crippen LogP contribution in [0, 0.1) is 0 Å². The smallest absolute Gasteiger partial charge is 0.318 e. The van der Waals surface area contributed by atoms with E-state index in [0.717, 1.165) is 24.8 Å². The molecule has 0 bridgehead atoms. The fourth-order valence-corrected chi connectivity index (χ4v) is 3.10. The lowest BCUT2D eigenvalue weighted by Gasteiger charge is -2.34. The number of nitrogens with one attached hydrogen (secondary N) is 1. The molecule has 1 fully saturated rings. The van der Waals surface area contributed by atoms with Crippen LogP contribution in [0.2, 0.25) is 0 Å². The quantitative estimate of drug-likeness (QED) is 0.869. The molecule has 134 valence electrons. The number of carbonyl (C=O) groups excluding carboxylic acids is 1. The maximum atomic E-state index is 12.3. The van der Waals surface area contributed by atoms with Gasteiger partial charge in [0, 0.05) is 18.2 Å². The Balaban J connectivity index is 1.63. The minimum absolute atomic E-state index is 0.00627. The molecule has 1 aromatic heterocycles. The molecular formula is C18H23N3O4. The summed E-state index contributed by atoms with van der Waals surface area (Å²) >= 11 is 0. The van der Waals surface area contributed by atoms with Gasteiger partial charge in [-0.1, -0.05) is 17.3 Å². The summed E-state index contributed by atoms with van der Waals surface area (Å²) in [5, 5.41) is 16.3. The highest BCUT2D eigenvalue weighted by Crippen LogP contribution is 2.29. The SMILES string of the molecule is COc1ccccc1-c1cc(CNC(=O)N2CCCCC2CO)on1. The number of carbonyl (C=O) groups is 1. The number of aliphatic hydroxyl groups is 1. The van der Waals surface area contributed by atoms with Gasteiger partial charge in [-0.2, -0.15) is 0 Å². The van der Waals surface area contributed by atoms with Crippen molar-refractivity contribution < 1.29 is 19.2 Å². The number of aliphatic hydroxyl groups excluding tert-OH is 1. The van der Waals surface area contributed by atoms with E-state index in [1.54, 1.807) is 18.1 Å². The van der Waals surface area contributed by atoms with Crippen molar-refractivity contribution in [3.8, 4) is 17.0 Å². The second-order valence-electron chi connectivity index (χ2n) is 6.06. The summed E-state index contributed by atoms with van der Waals surface area (Å²) < 4.78 is 10.7. The van der Waals surface area contributed by atoms with Gasteiger partial charge in [-0.15, -0.1) is 0 Å². The third-order valence-corrected chi connectivity index (χ3v) is 4.45. The number of hydrogen-bond donors (Lipinski definition) is 2. The number of ether oxygens (including phenoxy) is 1. The van der Waals surface area contributed by atoms with Gasteiger partial charge in [0.1, 0.15) is 11.4 Å². The molecule has 3 rings (SSSR count). The number of aromatic nitrogens is 1. The van der Waals surface area contributed by atoms with Crippen molar-refractivity contribution in [2.45, 2.75) is 31.8 Å². The van der Waals surface area contributed by atoms with Gasteiger partial charge < -0.3 is 24.6 Å². The molecule has 1 aliphatic heterocycles. The fraction of sp³-hybridized carbons (Fsp3) is 0.444. The first-order valence-corrected chi connectivity index (χ1v) is 8.47. The number of para-hydroxylation sites is 1. The molecular weight excluding hydrogens is 322 g/mol. The number of amides is 2. The first-order chi connectivity index (χ1) is 12.2. The van der Waals surface area contributed by atoms with Gasteiger partial charge in [-0.25, -0.2) is 4.79 Å². The molecule has 2 heterocycles. The van der Waals surface area contributed by atoms with E-state index < -0.39 is 0 Å². The highest BCUT2D eigenvalue weighted by Gasteiger charge is 2.26. The minimum atomic E-state index is -0.186. The average molecular weight is 345 g/mol. The summed E-state index contributed by atoms with van der Waals surface area (Å²) in [7, 11) is 1.61. The van der Waals surface area contributed by atoms with Crippen molar-refractivity contribution in [3.05, 3.63) is 36.1 Å². The molecule has 1 saturated heterocycles. The van der Waals surface area contributed by atoms with Crippen LogP contribution < -0.4 is 10.1 Å². The molecule has 7 nitrogen and oxygen atoms in total. The van der Waals surface area contributed by atoms with Crippen molar-refractivity contribution in [1.29, 1.82) is 0 Å².